The SMILES string of the molecule is COC(=O)C(N)c1ccccc1OC(F)(F)F.Cl. The van der Waals surface area contributed by atoms with Crippen molar-refractivity contribution in [2.45, 2.75) is 12.4 Å². The van der Waals surface area contributed by atoms with Gasteiger partial charge in [-0.2, -0.15) is 0 Å². The first-order chi connectivity index (χ1) is 7.85. The van der Waals surface area contributed by atoms with Crippen molar-refractivity contribution < 1.29 is 27.4 Å². The molecule has 0 heterocycles. The molecular formula is C10H11ClF3NO3. The molecule has 0 saturated heterocycles. The average Bonchev–Trinajstić information content (AvgIpc) is 2.25. The van der Waals surface area contributed by atoms with Gasteiger partial charge in [-0.1, -0.05) is 18.2 Å². The zero-order valence-corrected chi connectivity index (χ0v) is 10.0. The average molecular weight is 286 g/mol. The summed E-state index contributed by atoms with van der Waals surface area (Å²) in [6, 6.07) is 3.81. The maximum atomic E-state index is 12.1. The van der Waals surface area contributed by atoms with Gasteiger partial charge in [-0.25, -0.2) is 0 Å². The van der Waals surface area contributed by atoms with E-state index in [9.17, 15) is 18.0 Å². The van der Waals surface area contributed by atoms with Crippen molar-refractivity contribution in [1.29, 1.82) is 0 Å². The van der Waals surface area contributed by atoms with E-state index in [2.05, 4.69) is 9.47 Å². The van der Waals surface area contributed by atoms with Gasteiger partial charge in [0.25, 0.3) is 0 Å². The first-order valence-electron chi connectivity index (χ1n) is 4.53. The third-order valence-electron chi connectivity index (χ3n) is 1.93. The fraction of sp³-hybridized carbons (Fsp3) is 0.300. The highest BCUT2D eigenvalue weighted by Gasteiger charge is 2.33. The molecule has 2 N–H and O–H groups in total. The lowest BCUT2D eigenvalue weighted by atomic mass is 10.1. The lowest BCUT2D eigenvalue weighted by molar-refractivity contribution is -0.275. The van der Waals surface area contributed by atoms with Crippen LogP contribution in [0.5, 0.6) is 5.75 Å². The first-order valence-corrected chi connectivity index (χ1v) is 4.53. The molecule has 0 fully saturated rings. The zero-order chi connectivity index (χ0) is 13.1. The van der Waals surface area contributed by atoms with Crippen molar-refractivity contribution in [2.75, 3.05) is 7.11 Å². The third-order valence-corrected chi connectivity index (χ3v) is 1.93. The highest BCUT2D eigenvalue weighted by molar-refractivity contribution is 5.85. The minimum atomic E-state index is -4.84. The summed E-state index contributed by atoms with van der Waals surface area (Å²) < 4.78 is 44.4. The van der Waals surface area contributed by atoms with Crippen molar-refractivity contribution >= 4 is 18.4 Å². The summed E-state index contributed by atoms with van der Waals surface area (Å²) in [5, 5.41) is 0. The molecule has 0 aliphatic heterocycles. The van der Waals surface area contributed by atoms with Gasteiger partial charge in [0.15, 0.2) is 0 Å². The van der Waals surface area contributed by atoms with Gasteiger partial charge in [0.2, 0.25) is 0 Å². The van der Waals surface area contributed by atoms with E-state index < -0.39 is 24.1 Å². The summed E-state index contributed by atoms with van der Waals surface area (Å²) in [4.78, 5) is 11.1. The summed E-state index contributed by atoms with van der Waals surface area (Å²) in [6.07, 6.45) is -4.84. The van der Waals surface area contributed by atoms with Gasteiger partial charge in [-0.15, -0.1) is 25.6 Å². The van der Waals surface area contributed by atoms with Crippen LogP contribution in [0.3, 0.4) is 0 Å². The second-order valence-corrected chi connectivity index (χ2v) is 3.09. The number of hydrogen-bond donors (Lipinski definition) is 1. The normalized spacial score (nSPS) is 12.3. The Kier molecular flexibility index (Phi) is 5.93. The Hall–Kier alpha value is -1.47. The molecule has 0 aliphatic rings. The van der Waals surface area contributed by atoms with Crippen LogP contribution in [0.25, 0.3) is 0 Å². The monoisotopic (exact) mass is 285 g/mol. The second-order valence-electron chi connectivity index (χ2n) is 3.09. The van der Waals surface area contributed by atoms with Crippen LogP contribution >= 0.6 is 12.4 Å². The Morgan fingerprint density at radius 3 is 2.39 bits per heavy atom. The van der Waals surface area contributed by atoms with Crippen LogP contribution in [0.15, 0.2) is 24.3 Å². The maximum absolute atomic E-state index is 12.1. The van der Waals surface area contributed by atoms with E-state index in [0.29, 0.717) is 0 Å². The van der Waals surface area contributed by atoms with Crippen molar-refractivity contribution in [2.24, 2.45) is 5.73 Å². The standard InChI is InChI=1S/C10H10F3NO3.ClH/c1-16-9(15)8(14)6-4-2-3-5-7(6)17-10(11,12)13;/h2-5,8H,14H2,1H3;1H. The van der Waals surface area contributed by atoms with E-state index in [1.54, 1.807) is 0 Å². The van der Waals surface area contributed by atoms with Gasteiger partial charge in [0.1, 0.15) is 11.8 Å². The van der Waals surface area contributed by atoms with Crippen molar-refractivity contribution in [3.63, 3.8) is 0 Å². The lowest BCUT2D eigenvalue weighted by Gasteiger charge is -2.16. The Balaban J connectivity index is 0.00000289. The fourth-order valence-corrected chi connectivity index (χ4v) is 1.21. The molecule has 4 nitrogen and oxygen atoms in total. The van der Waals surface area contributed by atoms with Crippen molar-refractivity contribution in [3.8, 4) is 5.75 Å². The Bertz CT molecular complexity index is 412. The number of carbonyl (C=O) groups excluding carboxylic acids is 1. The van der Waals surface area contributed by atoms with Crippen LogP contribution in [-0.2, 0) is 9.53 Å². The minimum Gasteiger partial charge on any atom is -0.468 e. The largest absolute Gasteiger partial charge is 0.573 e. The molecule has 1 atom stereocenters. The number of benzene rings is 1. The molecular weight excluding hydrogens is 275 g/mol. The fourth-order valence-electron chi connectivity index (χ4n) is 1.21. The van der Waals surface area contributed by atoms with Crippen molar-refractivity contribution in [1.82, 2.24) is 0 Å². The lowest BCUT2D eigenvalue weighted by Crippen LogP contribution is -2.25. The molecule has 0 saturated carbocycles. The molecule has 0 bridgehead atoms. The second kappa shape index (κ2) is 6.46. The number of hydrogen-bond acceptors (Lipinski definition) is 4. The highest BCUT2D eigenvalue weighted by atomic mass is 35.5. The Morgan fingerprint density at radius 2 is 1.89 bits per heavy atom. The summed E-state index contributed by atoms with van der Waals surface area (Å²) in [6.45, 7) is 0. The smallest absolute Gasteiger partial charge is 0.468 e. The van der Waals surface area contributed by atoms with Crippen LogP contribution < -0.4 is 10.5 Å². The molecule has 18 heavy (non-hydrogen) atoms. The van der Waals surface area contributed by atoms with Gasteiger partial charge >= 0.3 is 12.3 Å². The number of halogens is 4. The molecule has 0 aromatic heterocycles. The number of methoxy groups -OCH3 is 1. The van der Waals surface area contributed by atoms with E-state index in [-0.39, 0.29) is 18.0 Å². The molecule has 0 radical (unpaired) electrons. The molecule has 1 unspecified atom stereocenters. The molecule has 1 aromatic rings. The van der Waals surface area contributed by atoms with E-state index in [1.165, 1.54) is 18.2 Å². The van der Waals surface area contributed by atoms with Crippen LogP contribution in [-0.4, -0.2) is 19.4 Å². The number of esters is 1. The van der Waals surface area contributed by atoms with Gasteiger partial charge < -0.3 is 15.2 Å². The van der Waals surface area contributed by atoms with Crippen LogP contribution in [0.2, 0.25) is 0 Å². The van der Waals surface area contributed by atoms with E-state index >= 15 is 0 Å². The van der Waals surface area contributed by atoms with Crippen LogP contribution in [0.4, 0.5) is 13.2 Å². The Labute approximate surface area is 107 Å². The van der Waals surface area contributed by atoms with Gasteiger partial charge in [0.05, 0.1) is 7.11 Å². The number of para-hydroxylation sites is 1. The van der Waals surface area contributed by atoms with Gasteiger partial charge in [0, 0.05) is 5.56 Å². The summed E-state index contributed by atoms with van der Waals surface area (Å²) in [7, 11) is 1.09. The number of nitrogens with two attached hydrogens (primary N) is 1. The zero-order valence-electron chi connectivity index (χ0n) is 9.23. The third kappa shape index (κ3) is 4.42. The van der Waals surface area contributed by atoms with Gasteiger partial charge in [-0.3, -0.25) is 4.79 Å². The highest BCUT2D eigenvalue weighted by Crippen LogP contribution is 2.29. The molecule has 8 heteroatoms. The summed E-state index contributed by atoms with van der Waals surface area (Å²) in [5.74, 6) is -1.36. The van der Waals surface area contributed by atoms with Crippen LogP contribution in [0.1, 0.15) is 11.6 Å². The topological polar surface area (TPSA) is 61.5 Å². The van der Waals surface area contributed by atoms with Crippen molar-refractivity contribution in [3.05, 3.63) is 29.8 Å². The number of carbonyl (C=O) groups is 1. The predicted molar refractivity (Wildman–Crippen MR) is 59.3 cm³/mol. The van der Waals surface area contributed by atoms with Gasteiger partial charge in [-0.05, 0) is 6.07 Å². The van der Waals surface area contributed by atoms with E-state index in [4.69, 9.17) is 5.73 Å². The Morgan fingerprint density at radius 1 is 1.33 bits per heavy atom. The van der Waals surface area contributed by atoms with E-state index in [1.807, 2.05) is 0 Å². The first kappa shape index (κ1) is 16.5. The minimum absolute atomic E-state index is 0. The van der Waals surface area contributed by atoms with Crippen LogP contribution in [0, 0.1) is 0 Å². The predicted octanol–water partition coefficient (Wildman–Crippen LogP) is 2.18. The molecule has 0 spiro atoms. The maximum Gasteiger partial charge on any atom is 0.573 e. The molecule has 1 rings (SSSR count). The molecule has 1 aromatic carbocycles. The quantitative estimate of drug-likeness (QED) is 0.865. The molecule has 102 valence electrons. The number of alkyl halides is 3. The summed E-state index contributed by atoms with van der Waals surface area (Å²) >= 11 is 0. The molecule has 0 aliphatic carbocycles. The summed E-state index contributed by atoms with van der Waals surface area (Å²) in [5.41, 5.74) is 5.36. The number of ether oxygens (including phenoxy) is 2. The van der Waals surface area contributed by atoms with E-state index in [0.717, 1.165) is 13.2 Å². The number of rotatable bonds is 3. The molecule has 0 amide bonds.